The largest absolute Gasteiger partial charge is 0.478 e. The normalized spacial score (nSPS) is 10.9. The van der Waals surface area contributed by atoms with Gasteiger partial charge < -0.3 is 10.0 Å². The van der Waals surface area contributed by atoms with Crippen molar-refractivity contribution in [1.82, 2.24) is 0 Å². The van der Waals surface area contributed by atoms with Crippen molar-refractivity contribution in [3.8, 4) is 0 Å². The van der Waals surface area contributed by atoms with Crippen molar-refractivity contribution in [3.05, 3.63) is 131 Å². The number of benzene rings is 4. The lowest BCUT2D eigenvalue weighted by molar-refractivity contribution is -0.130. The monoisotopic (exact) mass is 459 g/mol. The van der Waals surface area contributed by atoms with Crippen molar-refractivity contribution in [3.63, 3.8) is 0 Å². The standard InChI is InChI=1S/C32H29NO2/c1-22-5-16-29(17-6-22)33(30-18-7-23(2)8-19-30)31-20-15-27(24(3)21-31)12-9-26-10-13-28(14-11-26)25(4)32(34)35/h5-21H,4H2,1-3H3,(H,34,35). The van der Waals surface area contributed by atoms with Crippen molar-refractivity contribution < 1.29 is 9.90 Å². The second kappa shape index (κ2) is 10.3. The van der Waals surface area contributed by atoms with Gasteiger partial charge in [0.05, 0.1) is 5.57 Å². The maximum Gasteiger partial charge on any atom is 0.335 e. The first-order chi connectivity index (χ1) is 16.8. The second-order valence-electron chi connectivity index (χ2n) is 8.79. The van der Waals surface area contributed by atoms with Crippen LogP contribution in [0.3, 0.4) is 0 Å². The molecule has 4 rings (SSSR count). The highest BCUT2D eigenvalue weighted by atomic mass is 16.4. The van der Waals surface area contributed by atoms with Crippen LogP contribution in [0.25, 0.3) is 17.7 Å². The number of hydrogen-bond acceptors (Lipinski definition) is 2. The number of nitrogens with zero attached hydrogens (tertiary/aromatic N) is 1. The lowest BCUT2D eigenvalue weighted by Crippen LogP contribution is -2.10. The zero-order valence-electron chi connectivity index (χ0n) is 20.3. The van der Waals surface area contributed by atoms with Gasteiger partial charge in [-0.2, -0.15) is 0 Å². The topological polar surface area (TPSA) is 40.5 Å². The Labute approximate surface area is 207 Å². The van der Waals surface area contributed by atoms with Crippen LogP contribution >= 0.6 is 0 Å². The van der Waals surface area contributed by atoms with E-state index in [2.05, 4.69) is 105 Å². The lowest BCUT2D eigenvalue weighted by atomic mass is 10.0. The third-order valence-electron chi connectivity index (χ3n) is 6.07. The van der Waals surface area contributed by atoms with E-state index >= 15 is 0 Å². The first kappa shape index (κ1) is 23.8. The van der Waals surface area contributed by atoms with Crippen LogP contribution in [0.2, 0.25) is 0 Å². The maximum atomic E-state index is 11.1. The van der Waals surface area contributed by atoms with Gasteiger partial charge in [-0.05, 0) is 79.4 Å². The Morgan fingerprint density at radius 3 is 1.71 bits per heavy atom. The smallest absolute Gasteiger partial charge is 0.335 e. The van der Waals surface area contributed by atoms with Crippen LogP contribution in [0.15, 0.2) is 97.6 Å². The molecule has 0 radical (unpaired) electrons. The quantitative estimate of drug-likeness (QED) is 0.223. The first-order valence-corrected chi connectivity index (χ1v) is 11.6. The molecule has 0 aromatic heterocycles. The summed E-state index contributed by atoms with van der Waals surface area (Å²) < 4.78 is 0. The van der Waals surface area contributed by atoms with Gasteiger partial charge in [-0.1, -0.05) is 84.5 Å². The molecule has 174 valence electrons. The Hall–Kier alpha value is -4.37. The third-order valence-corrected chi connectivity index (χ3v) is 6.07. The van der Waals surface area contributed by atoms with Crippen LogP contribution in [0.1, 0.15) is 33.4 Å². The van der Waals surface area contributed by atoms with Gasteiger partial charge in [0.15, 0.2) is 0 Å². The Bertz CT molecular complexity index is 1330. The average Bonchev–Trinajstić information content (AvgIpc) is 2.86. The molecule has 3 nitrogen and oxygen atoms in total. The molecule has 0 bridgehead atoms. The zero-order valence-corrected chi connectivity index (χ0v) is 20.3. The predicted molar refractivity (Wildman–Crippen MR) is 147 cm³/mol. The molecule has 3 heteroatoms. The van der Waals surface area contributed by atoms with Crippen LogP contribution in [0, 0.1) is 20.8 Å². The minimum Gasteiger partial charge on any atom is -0.478 e. The molecule has 1 N–H and O–H groups in total. The highest BCUT2D eigenvalue weighted by Crippen LogP contribution is 2.35. The molecule has 0 saturated carbocycles. The molecule has 0 aliphatic heterocycles. The van der Waals surface area contributed by atoms with Crippen LogP contribution in [0.4, 0.5) is 17.1 Å². The summed E-state index contributed by atoms with van der Waals surface area (Å²) >= 11 is 0. The van der Waals surface area contributed by atoms with Gasteiger partial charge in [0.2, 0.25) is 0 Å². The number of carboxylic acids is 1. The number of aryl methyl sites for hydroxylation is 3. The minimum atomic E-state index is -1.01. The minimum absolute atomic E-state index is 0.0960. The Morgan fingerprint density at radius 2 is 1.23 bits per heavy atom. The van der Waals surface area contributed by atoms with Crippen LogP contribution in [-0.2, 0) is 4.79 Å². The van der Waals surface area contributed by atoms with E-state index in [1.807, 2.05) is 18.2 Å². The molecule has 0 unspecified atom stereocenters. The van der Waals surface area contributed by atoms with Crippen LogP contribution < -0.4 is 4.90 Å². The number of aliphatic carboxylic acids is 1. The van der Waals surface area contributed by atoms with E-state index in [4.69, 9.17) is 5.11 Å². The van der Waals surface area contributed by atoms with Crippen molar-refractivity contribution in [2.24, 2.45) is 0 Å². The highest BCUT2D eigenvalue weighted by molar-refractivity contribution is 6.14. The van der Waals surface area contributed by atoms with Crippen molar-refractivity contribution in [2.45, 2.75) is 20.8 Å². The summed E-state index contributed by atoms with van der Waals surface area (Å²) in [5, 5.41) is 9.10. The van der Waals surface area contributed by atoms with E-state index in [0.717, 1.165) is 28.2 Å². The molecule has 4 aromatic carbocycles. The van der Waals surface area contributed by atoms with Crippen molar-refractivity contribution in [1.29, 1.82) is 0 Å². The fourth-order valence-electron chi connectivity index (χ4n) is 3.93. The first-order valence-electron chi connectivity index (χ1n) is 11.6. The van der Waals surface area contributed by atoms with Crippen molar-refractivity contribution in [2.75, 3.05) is 4.90 Å². The summed E-state index contributed by atoms with van der Waals surface area (Å²) in [5.74, 6) is -1.01. The molecule has 35 heavy (non-hydrogen) atoms. The molecule has 0 saturated heterocycles. The van der Waals surface area contributed by atoms with E-state index < -0.39 is 5.97 Å². The summed E-state index contributed by atoms with van der Waals surface area (Å²) in [5.41, 5.74) is 9.79. The number of carbonyl (C=O) groups is 1. The van der Waals surface area contributed by atoms with Crippen LogP contribution in [-0.4, -0.2) is 11.1 Å². The third kappa shape index (κ3) is 5.59. The van der Waals surface area contributed by atoms with E-state index in [1.165, 1.54) is 16.7 Å². The number of hydrogen-bond donors (Lipinski definition) is 1. The molecule has 0 aliphatic rings. The molecule has 4 aromatic rings. The zero-order chi connectivity index (χ0) is 24.9. The molecule has 0 amide bonds. The number of carboxylic acid groups (broad SMARTS) is 1. The molecule has 0 spiro atoms. The summed E-state index contributed by atoms with van der Waals surface area (Å²) in [7, 11) is 0. The average molecular weight is 460 g/mol. The predicted octanol–water partition coefficient (Wildman–Crippen LogP) is 8.35. The van der Waals surface area contributed by atoms with E-state index in [1.54, 1.807) is 12.1 Å². The van der Waals surface area contributed by atoms with Crippen molar-refractivity contribution >= 4 is 40.8 Å². The van der Waals surface area contributed by atoms with E-state index in [0.29, 0.717) is 5.56 Å². The highest BCUT2D eigenvalue weighted by Gasteiger charge is 2.13. The Kier molecular flexibility index (Phi) is 6.98. The second-order valence-corrected chi connectivity index (χ2v) is 8.79. The maximum absolute atomic E-state index is 11.1. The fourth-order valence-corrected chi connectivity index (χ4v) is 3.93. The summed E-state index contributed by atoms with van der Waals surface area (Å²) in [4.78, 5) is 13.4. The van der Waals surface area contributed by atoms with E-state index in [9.17, 15) is 4.79 Å². The number of rotatable bonds is 7. The summed E-state index contributed by atoms with van der Waals surface area (Å²) in [6.07, 6.45) is 4.12. The Balaban J connectivity index is 1.63. The molecule has 0 heterocycles. The van der Waals surface area contributed by atoms with E-state index in [-0.39, 0.29) is 5.57 Å². The van der Waals surface area contributed by atoms with Gasteiger partial charge >= 0.3 is 5.97 Å². The molecule has 0 aliphatic carbocycles. The Morgan fingerprint density at radius 1 is 0.714 bits per heavy atom. The van der Waals surface area contributed by atoms with Gasteiger partial charge in [-0.15, -0.1) is 0 Å². The number of anilines is 3. The molecule has 0 atom stereocenters. The summed E-state index contributed by atoms with van der Waals surface area (Å²) in [6.45, 7) is 9.93. The SMILES string of the molecule is C=C(C(=O)O)c1ccc(C=Cc2ccc(N(c3ccc(C)cc3)c3ccc(C)cc3)cc2C)cc1. The lowest BCUT2D eigenvalue weighted by Gasteiger charge is -2.26. The van der Waals surface area contributed by atoms with Gasteiger partial charge in [-0.25, -0.2) is 4.79 Å². The fraction of sp³-hybridized carbons (Fsp3) is 0.0938. The molecular weight excluding hydrogens is 430 g/mol. The van der Waals surface area contributed by atoms with Crippen LogP contribution in [0.5, 0.6) is 0 Å². The molecule has 0 fully saturated rings. The van der Waals surface area contributed by atoms with Gasteiger partial charge in [-0.3, -0.25) is 0 Å². The van der Waals surface area contributed by atoms with Gasteiger partial charge in [0.25, 0.3) is 0 Å². The van der Waals surface area contributed by atoms with Gasteiger partial charge in [0.1, 0.15) is 0 Å². The molecular formula is C32H29NO2. The summed E-state index contributed by atoms with van der Waals surface area (Å²) in [6, 6.07) is 31.0. The van der Waals surface area contributed by atoms with Gasteiger partial charge in [0, 0.05) is 17.1 Å².